The first-order valence-corrected chi connectivity index (χ1v) is 15.2. The van der Waals surface area contributed by atoms with Crippen LogP contribution < -0.4 is 0 Å². The lowest BCUT2D eigenvalue weighted by Crippen LogP contribution is -2.16. The van der Waals surface area contributed by atoms with Crippen LogP contribution in [0.25, 0.3) is 22.3 Å². The number of unbranched alkanes of at least 4 members (excludes halogenated alkanes) is 5. The summed E-state index contributed by atoms with van der Waals surface area (Å²) < 4.78 is 0. The topological polar surface area (TPSA) is 20.2 Å². The minimum Gasteiger partial charge on any atom is -0.507 e. The minimum absolute atomic E-state index is 0.0194. The molecule has 0 bridgehead atoms. The Morgan fingerprint density at radius 3 is 1.56 bits per heavy atom. The van der Waals surface area contributed by atoms with Crippen LogP contribution in [-0.2, 0) is 22.7 Å². The molecule has 39 heavy (non-hydrogen) atoms. The van der Waals surface area contributed by atoms with Crippen LogP contribution >= 0.6 is 0 Å². The molecule has 0 unspecified atom stereocenters. The van der Waals surface area contributed by atoms with Gasteiger partial charge in [-0.2, -0.15) is 0 Å². The maximum atomic E-state index is 11.9. The highest BCUT2D eigenvalue weighted by Gasteiger charge is 2.23. The number of hydrogen-bond donors (Lipinski definition) is 1. The summed E-state index contributed by atoms with van der Waals surface area (Å²) >= 11 is 0. The zero-order chi connectivity index (χ0) is 29.0. The number of phenols is 1. The molecule has 3 rings (SSSR count). The lowest BCUT2D eigenvalue weighted by atomic mass is 9.78. The summed E-state index contributed by atoms with van der Waals surface area (Å²) in [7, 11) is 0. The van der Waals surface area contributed by atoms with Crippen LogP contribution in [0.2, 0.25) is 0 Å². The Kier molecular flexibility index (Phi) is 9.79. The Labute approximate surface area is 240 Å². The third-order valence-corrected chi connectivity index (χ3v) is 8.00. The lowest BCUT2D eigenvalue weighted by Gasteiger charge is -2.27. The van der Waals surface area contributed by atoms with Crippen LogP contribution in [0.3, 0.4) is 0 Å². The first-order chi connectivity index (χ1) is 18.1. The molecule has 0 amide bonds. The predicted octanol–water partition coefficient (Wildman–Crippen LogP) is 11.5. The fraction of sp³-hybridized carbons (Fsp3) is 0.526. The zero-order valence-corrected chi connectivity index (χ0v) is 26.6. The average Bonchev–Trinajstić information content (AvgIpc) is 2.85. The van der Waals surface area contributed by atoms with Crippen molar-refractivity contribution >= 4 is 0 Å². The summed E-state index contributed by atoms with van der Waals surface area (Å²) in [6.07, 6.45) is 8.74. The van der Waals surface area contributed by atoms with Crippen molar-refractivity contribution in [3.05, 3.63) is 76.9 Å². The number of aromatic hydroxyl groups is 1. The highest BCUT2D eigenvalue weighted by atomic mass is 16.3. The summed E-state index contributed by atoms with van der Waals surface area (Å²) in [6.45, 7) is 22.7. The van der Waals surface area contributed by atoms with E-state index in [0.29, 0.717) is 5.75 Å². The van der Waals surface area contributed by atoms with Crippen LogP contribution in [0.15, 0.2) is 54.6 Å². The molecule has 1 N–H and O–H groups in total. The number of hydrogen-bond acceptors (Lipinski definition) is 1. The SMILES string of the molecule is CCCCCCCCc1cc(-c2cccc(C(C)(C)C)c2)c(O)c(-c2cc(C(C)(C)C)cc(C(C)(C)C)c2)c1. The van der Waals surface area contributed by atoms with Gasteiger partial charge in [0.15, 0.2) is 0 Å². The quantitative estimate of drug-likeness (QED) is 0.275. The minimum atomic E-state index is 0.0194. The third kappa shape index (κ3) is 8.23. The van der Waals surface area contributed by atoms with Gasteiger partial charge in [-0.25, -0.2) is 0 Å². The van der Waals surface area contributed by atoms with Crippen LogP contribution in [0.4, 0.5) is 0 Å². The van der Waals surface area contributed by atoms with E-state index in [1.165, 1.54) is 60.8 Å². The van der Waals surface area contributed by atoms with E-state index in [1.807, 2.05) is 0 Å². The highest BCUT2D eigenvalue weighted by Crippen LogP contribution is 2.43. The van der Waals surface area contributed by atoms with E-state index in [-0.39, 0.29) is 16.2 Å². The Hall–Kier alpha value is -2.54. The largest absolute Gasteiger partial charge is 0.507 e. The van der Waals surface area contributed by atoms with E-state index in [9.17, 15) is 5.11 Å². The molecular weight excluding hydrogens is 472 g/mol. The van der Waals surface area contributed by atoms with Crippen molar-refractivity contribution in [2.75, 3.05) is 0 Å². The van der Waals surface area contributed by atoms with Gasteiger partial charge in [0.1, 0.15) is 5.75 Å². The molecule has 0 fully saturated rings. The second-order valence-electron chi connectivity index (χ2n) is 14.7. The molecule has 212 valence electrons. The lowest BCUT2D eigenvalue weighted by molar-refractivity contribution is 0.479. The standard InChI is InChI=1S/C38H54O/c1-11-12-13-14-15-16-18-27-21-33(28-19-17-20-30(23-28)36(2,3)4)35(39)34(22-27)29-24-31(37(5,6)7)26-32(25-29)38(8,9)10/h17,19-26,39H,11-16,18H2,1-10H3. The van der Waals surface area contributed by atoms with E-state index in [0.717, 1.165) is 28.7 Å². The first kappa shape index (κ1) is 31.0. The molecule has 0 spiro atoms. The second-order valence-corrected chi connectivity index (χ2v) is 14.7. The van der Waals surface area contributed by atoms with Gasteiger partial charge in [0.25, 0.3) is 0 Å². The Bertz CT molecular complexity index is 1210. The average molecular weight is 527 g/mol. The van der Waals surface area contributed by atoms with Gasteiger partial charge in [0.05, 0.1) is 0 Å². The van der Waals surface area contributed by atoms with Gasteiger partial charge < -0.3 is 5.11 Å². The Balaban J connectivity index is 2.18. The molecule has 0 aromatic heterocycles. The summed E-state index contributed by atoms with van der Waals surface area (Å²) in [5.41, 5.74) is 9.40. The summed E-state index contributed by atoms with van der Waals surface area (Å²) in [5, 5.41) is 11.9. The summed E-state index contributed by atoms with van der Waals surface area (Å²) in [6, 6.07) is 20.2. The second kappa shape index (κ2) is 12.3. The molecule has 0 radical (unpaired) electrons. The van der Waals surface area contributed by atoms with Crippen molar-refractivity contribution in [1.29, 1.82) is 0 Å². The fourth-order valence-electron chi connectivity index (χ4n) is 5.19. The molecule has 0 aliphatic heterocycles. The summed E-state index contributed by atoms with van der Waals surface area (Å²) in [4.78, 5) is 0. The first-order valence-electron chi connectivity index (χ1n) is 15.2. The molecule has 3 aromatic rings. The van der Waals surface area contributed by atoms with Gasteiger partial charge in [-0.05, 0) is 74.6 Å². The highest BCUT2D eigenvalue weighted by molar-refractivity contribution is 5.83. The number of rotatable bonds is 9. The van der Waals surface area contributed by atoms with Gasteiger partial charge in [-0.3, -0.25) is 0 Å². The zero-order valence-electron chi connectivity index (χ0n) is 26.6. The predicted molar refractivity (Wildman–Crippen MR) is 172 cm³/mol. The van der Waals surface area contributed by atoms with Crippen molar-refractivity contribution in [3.8, 4) is 28.0 Å². The molecule has 0 atom stereocenters. The van der Waals surface area contributed by atoms with Crippen molar-refractivity contribution in [1.82, 2.24) is 0 Å². The van der Waals surface area contributed by atoms with Crippen LogP contribution in [0.5, 0.6) is 5.75 Å². The van der Waals surface area contributed by atoms with Crippen LogP contribution in [0.1, 0.15) is 130 Å². The molecular formula is C38H54O. The van der Waals surface area contributed by atoms with E-state index in [1.54, 1.807) is 0 Å². The van der Waals surface area contributed by atoms with E-state index in [2.05, 4.69) is 124 Å². The molecule has 0 saturated heterocycles. The normalized spacial score (nSPS) is 12.7. The maximum absolute atomic E-state index is 11.9. The Morgan fingerprint density at radius 1 is 0.538 bits per heavy atom. The van der Waals surface area contributed by atoms with Gasteiger partial charge >= 0.3 is 0 Å². The maximum Gasteiger partial charge on any atom is 0.131 e. The van der Waals surface area contributed by atoms with E-state index < -0.39 is 0 Å². The van der Waals surface area contributed by atoms with Crippen molar-refractivity contribution in [2.45, 2.75) is 130 Å². The van der Waals surface area contributed by atoms with Crippen molar-refractivity contribution in [2.24, 2.45) is 0 Å². The molecule has 1 heteroatoms. The van der Waals surface area contributed by atoms with Gasteiger partial charge in [-0.15, -0.1) is 0 Å². The monoisotopic (exact) mass is 526 g/mol. The number of aryl methyl sites for hydroxylation is 1. The third-order valence-electron chi connectivity index (χ3n) is 8.00. The van der Waals surface area contributed by atoms with E-state index in [4.69, 9.17) is 0 Å². The molecule has 1 nitrogen and oxygen atoms in total. The Morgan fingerprint density at radius 2 is 1.03 bits per heavy atom. The molecule has 0 aliphatic rings. The van der Waals surface area contributed by atoms with Crippen molar-refractivity contribution in [3.63, 3.8) is 0 Å². The van der Waals surface area contributed by atoms with Crippen molar-refractivity contribution < 1.29 is 5.11 Å². The van der Waals surface area contributed by atoms with Gasteiger partial charge in [0, 0.05) is 11.1 Å². The molecule has 0 saturated carbocycles. The van der Waals surface area contributed by atoms with Crippen LogP contribution in [-0.4, -0.2) is 5.11 Å². The molecule has 3 aromatic carbocycles. The van der Waals surface area contributed by atoms with E-state index >= 15 is 0 Å². The van der Waals surface area contributed by atoms with Crippen LogP contribution in [0, 0.1) is 0 Å². The van der Waals surface area contributed by atoms with Gasteiger partial charge in [0.2, 0.25) is 0 Å². The smallest absolute Gasteiger partial charge is 0.131 e. The summed E-state index contributed by atoms with van der Waals surface area (Å²) in [5.74, 6) is 0.388. The number of phenolic OH excluding ortho intramolecular Hbond substituents is 1. The fourth-order valence-corrected chi connectivity index (χ4v) is 5.19. The molecule has 0 aliphatic carbocycles. The molecule has 0 heterocycles. The number of benzene rings is 3. The van der Waals surface area contributed by atoms with Gasteiger partial charge in [-0.1, -0.05) is 144 Å².